The van der Waals surface area contributed by atoms with Gasteiger partial charge in [-0.25, -0.2) is 0 Å². The first-order valence-electron chi connectivity index (χ1n) is 7.07. The molecule has 0 N–H and O–H groups in total. The minimum Gasteiger partial charge on any atom is -0.496 e. The van der Waals surface area contributed by atoms with Gasteiger partial charge < -0.3 is 14.4 Å². The highest BCUT2D eigenvalue weighted by atomic mass is 32.2. The van der Waals surface area contributed by atoms with Crippen LogP contribution in [0.5, 0.6) is 5.75 Å². The predicted octanol–water partition coefficient (Wildman–Crippen LogP) is 2.34. The zero-order valence-corrected chi connectivity index (χ0v) is 14.3. The summed E-state index contributed by atoms with van der Waals surface area (Å²) in [7, 11) is 3.35. The first-order valence-corrected chi connectivity index (χ1v) is 8.22. The standard InChI is InChI=1S/C16H23NO4S/c1-12(2)21-16(19)11-22-10-15(18)17(3)9-13-7-5-6-8-14(13)20-4/h5-8,12H,9-11H2,1-4H3. The molecule has 0 saturated heterocycles. The van der Waals surface area contributed by atoms with E-state index in [9.17, 15) is 9.59 Å². The topological polar surface area (TPSA) is 55.8 Å². The van der Waals surface area contributed by atoms with Crippen molar-refractivity contribution in [2.45, 2.75) is 26.5 Å². The average molecular weight is 325 g/mol. The molecule has 0 spiro atoms. The van der Waals surface area contributed by atoms with E-state index in [4.69, 9.17) is 9.47 Å². The highest BCUT2D eigenvalue weighted by molar-refractivity contribution is 8.00. The summed E-state index contributed by atoms with van der Waals surface area (Å²) in [5.74, 6) is 0.870. The maximum atomic E-state index is 12.1. The molecule has 0 atom stereocenters. The van der Waals surface area contributed by atoms with Gasteiger partial charge in [0.15, 0.2) is 0 Å². The van der Waals surface area contributed by atoms with E-state index >= 15 is 0 Å². The quantitative estimate of drug-likeness (QED) is 0.687. The van der Waals surface area contributed by atoms with Gasteiger partial charge in [0.1, 0.15) is 5.75 Å². The summed E-state index contributed by atoms with van der Waals surface area (Å²) >= 11 is 1.26. The zero-order chi connectivity index (χ0) is 16.5. The van der Waals surface area contributed by atoms with Crippen molar-refractivity contribution < 1.29 is 19.1 Å². The maximum absolute atomic E-state index is 12.1. The first-order chi connectivity index (χ1) is 10.4. The Labute approximate surface area is 136 Å². The van der Waals surface area contributed by atoms with E-state index in [1.54, 1.807) is 32.9 Å². The minimum absolute atomic E-state index is 0.0340. The summed E-state index contributed by atoms with van der Waals surface area (Å²) in [6.45, 7) is 4.07. The number of rotatable bonds is 8. The number of thioether (sulfide) groups is 1. The average Bonchev–Trinajstić information content (AvgIpc) is 2.46. The van der Waals surface area contributed by atoms with Crippen LogP contribution in [0, 0.1) is 0 Å². The van der Waals surface area contributed by atoms with Crippen LogP contribution in [0.4, 0.5) is 0 Å². The number of methoxy groups -OCH3 is 1. The first kappa shape index (κ1) is 18.4. The second kappa shape index (κ2) is 9.35. The predicted molar refractivity (Wildman–Crippen MR) is 88.0 cm³/mol. The molecule has 0 aliphatic carbocycles. The van der Waals surface area contributed by atoms with Crippen LogP contribution in [-0.2, 0) is 20.9 Å². The van der Waals surface area contributed by atoms with Crippen molar-refractivity contribution in [1.29, 1.82) is 0 Å². The van der Waals surface area contributed by atoms with Crippen molar-refractivity contribution in [3.8, 4) is 5.75 Å². The summed E-state index contributed by atoms with van der Waals surface area (Å²) in [5, 5.41) is 0. The molecule has 1 amide bonds. The molecule has 22 heavy (non-hydrogen) atoms. The fourth-order valence-corrected chi connectivity index (χ4v) is 2.54. The number of nitrogens with zero attached hydrogens (tertiary/aromatic N) is 1. The molecule has 0 bridgehead atoms. The SMILES string of the molecule is COc1ccccc1CN(C)C(=O)CSCC(=O)OC(C)C. The van der Waals surface area contributed by atoms with E-state index in [1.165, 1.54) is 11.8 Å². The maximum Gasteiger partial charge on any atom is 0.316 e. The van der Waals surface area contributed by atoms with Crippen LogP contribution in [0.15, 0.2) is 24.3 Å². The number of hydrogen-bond donors (Lipinski definition) is 0. The molecule has 0 radical (unpaired) electrons. The fourth-order valence-electron chi connectivity index (χ4n) is 1.81. The van der Waals surface area contributed by atoms with E-state index in [0.29, 0.717) is 6.54 Å². The summed E-state index contributed by atoms with van der Waals surface area (Å²) in [5.41, 5.74) is 0.949. The fraction of sp³-hybridized carbons (Fsp3) is 0.500. The van der Waals surface area contributed by atoms with Crippen LogP contribution in [0.2, 0.25) is 0 Å². The van der Waals surface area contributed by atoms with Gasteiger partial charge in [-0.05, 0) is 19.9 Å². The summed E-state index contributed by atoms with van der Waals surface area (Å²) in [6.07, 6.45) is -0.128. The Kier molecular flexibility index (Phi) is 7.80. The molecule has 0 unspecified atom stereocenters. The lowest BCUT2D eigenvalue weighted by molar-refractivity contribution is -0.144. The molecular formula is C16H23NO4S. The summed E-state index contributed by atoms with van der Waals surface area (Å²) in [6, 6.07) is 7.59. The number of para-hydroxylation sites is 1. The van der Waals surface area contributed by atoms with E-state index in [0.717, 1.165) is 11.3 Å². The third kappa shape index (κ3) is 6.39. The number of carbonyl (C=O) groups is 2. The van der Waals surface area contributed by atoms with Crippen LogP contribution in [0.25, 0.3) is 0 Å². The van der Waals surface area contributed by atoms with Crippen molar-refractivity contribution in [3.63, 3.8) is 0 Å². The van der Waals surface area contributed by atoms with Gasteiger partial charge in [0.05, 0.1) is 24.7 Å². The number of ether oxygens (including phenoxy) is 2. The molecule has 5 nitrogen and oxygen atoms in total. The number of esters is 1. The Morgan fingerprint density at radius 1 is 1.23 bits per heavy atom. The van der Waals surface area contributed by atoms with Crippen molar-refractivity contribution in [1.82, 2.24) is 4.90 Å². The highest BCUT2D eigenvalue weighted by Gasteiger charge is 2.13. The van der Waals surface area contributed by atoms with Gasteiger partial charge >= 0.3 is 5.97 Å². The molecule has 1 aromatic rings. The number of amides is 1. The zero-order valence-electron chi connectivity index (χ0n) is 13.5. The van der Waals surface area contributed by atoms with Crippen molar-refractivity contribution in [2.75, 3.05) is 25.7 Å². The van der Waals surface area contributed by atoms with Gasteiger partial charge in [-0.1, -0.05) is 18.2 Å². The summed E-state index contributed by atoms with van der Waals surface area (Å²) < 4.78 is 10.3. The molecule has 122 valence electrons. The minimum atomic E-state index is -0.291. The normalized spacial score (nSPS) is 10.4. The van der Waals surface area contributed by atoms with Crippen LogP contribution in [-0.4, -0.2) is 48.5 Å². The van der Waals surface area contributed by atoms with Gasteiger partial charge in [0.25, 0.3) is 0 Å². The lowest BCUT2D eigenvalue weighted by Crippen LogP contribution is -2.28. The third-order valence-corrected chi connectivity index (χ3v) is 3.73. The molecule has 1 rings (SSSR count). The number of benzene rings is 1. The van der Waals surface area contributed by atoms with Crippen LogP contribution in [0.3, 0.4) is 0 Å². The molecule has 0 fully saturated rings. The molecule has 0 saturated carbocycles. The Morgan fingerprint density at radius 3 is 2.55 bits per heavy atom. The molecule has 0 aliphatic heterocycles. The Morgan fingerprint density at radius 2 is 1.91 bits per heavy atom. The lowest BCUT2D eigenvalue weighted by atomic mass is 10.2. The molecule has 1 aromatic carbocycles. The second-order valence-electron chi connectivity index (χ2n) is 5.09. The van der Waals surface area contributed by atoms with Crippen molar-refractivity contribution in [3.05, 3.63) is 29.8 Å². The van der Waals surface area contributed by atoms with Gasteiger partial charge in [-0.3, -0.25) is 9.59 Å². The summed E-state index contributed by atoms with van der Waals surface area (Å²) in [4.78, 5) is 25.1. The molecule has 0 heterocycles. The van der Waals surface area contributed by atoms with Crippen molar-refractivity contribution >= 4 is 23.6 Å². The van der Waals surface area contributed by atoms with Gasteiger partial charge in [-0.15, -0.1) is 11.8 Å². The molecule has 6 heteroatoms. The number of carbonyl (C=O) groups excluding carboxylic acids is 2. The third-order valence-electron chi connectivity index (χ3n) is 2.84. The van der Waals surface area contributed by atoms with Gasteiger partial charge in [-0.2, -0.15) is 0 Å². The van der Waals surface area contributed by atoms with Gasteiger partial charge in [0.2, 0.25) is 5.91 Å². The Balaban J connectivity index is 2.40. The Bertz CT molecular complexity index is 505. The van der Waals surface area contributed by atoms with Crippen molar-refractivity contribution in [2.24, 2.45) is 0 Å². The van der Waals surface area contributed by atoms with E-state index in [2.05, 4.69) is 0 Å². The van der Waals surface area contributed by atoms with E-state index in [1.807, 2.05) is 24.3 Å². The smallest absolute Gasteiger partial charge is 0.316 e. The lowest BCUT2D eigenvalue weighted by Gasteiger charge is -2.18. The monoisotopic (exact) mass is 325 g/mol. The molecule has 0 aliphatic rings. The Hall–Kier alpha value is -1.69. The van der Waals surface area contributed by atoms with Crippen LogP contribution >= 0.6 is 11.8 Å². The van der Waals surface area contributed by atoms with Crippen LogP contribution in [0.1, 0.15) is 19.4 Å². The largest absolute Gasteiger partial charge is 0.496 e. The van der Waals surface area contributed by atoms with Crippen LogP contribution < -0.4 is 4.74 Å². The van der Waals surface area contributed by atoms with E-state index in [-0.39, 0.29) is 29.5 Å². The highest BCUT2D eigenvalue weighted by Crippen LogP contribution is 2.19. The van der Waals surface area contributed by atoms with E-state index < -0.39 is 0 Å². The second-order valence-corrected chi connectivity index (χ2v) is 6.08. The molecule has 0 aromatic heterocycles. The number of hydrogen-bond acceptors (Lipinski definition) is 5. The van der Waals surface area contributed by atoms with Gasteiger partial charge in [0, 0.05) is 19.2 Å². The molecular weight excluding hydrogens is 302 g/mol.